The van der Waals surface area contributed by atoms with E-state index in [1.54, 1.807) is 18.2 Å². The number of aryl methyl sites for hydroxylation is 2. The summed E-state index contributed by atoms with van der Waals surface area (Å²) in [5, 5.41) is 0. The molecule has 0 radical (unpaired) electrons. The van der Waals surface area contributed by atoms with Crippen LogP contribution >= 0.6 is 0 Å². The van der Waals surface area contributed by atoms with E-state index < -0.39 is 47.3 Å². The van der Waals surface area contributed by atoms with Gasteiger partial charge in [-0.25, -0.2) is 13.2 Å². The molecule has 47 heavy (non-hydrogen) atoms. The SMILES string of the molecule is CCCCCCCCc1ccc(-c2ccc(CCC3CCC(C(F)(F)Oc4ccc(OC(F)=C(F)F)c(F)c4)CC3)c(F)c2)c(F)c1. The van der Waals surface area contributed by atoms with Crippen LogP contribution in [-0.4, -0.2) is 6.11 Å². The third-order valence-corrected chi connectivity index (χ3v) is 8.87. The molecule has 0 heterocycles. The number of unbranched alkanes of at least 4 members (excludes halogenated alkanes) is 5. The van der Waals surface area contributed by atoms with Crippen LogP contribution in [0.5, 0.6) is 11.5 Å². The molecule has 0 amide bonds. The van der Waals surface area contributed by atoms with Gasteiger partial charge >= 0.3 is 18.2 Å². The molecule has 0 aliphatic heterocycles. The molecule has 2 nitrogen and oxygen atoms in total. The number of hydrogen-bond acceptors (Lipinski definition) is 2. The van der Waals surface area contributed by atoms with Gasteiger partial charge in [-0.3, -0.25) is 0 Å². The van der Waals surface area contributed by atoms with E-state index >= 15 is 4.39 Å². The summed E-state index contributed by atoms with van der Waals surface area (Å²) in [6.07, 6.45) is 3.51. The molecule has 3 aromatic rings. The van der Waals surface area contributed by atoms with Gasteiger partial charge in [0.05, 0.1) is 5.92 Å². The highest BCUT2D eigenvalue weighted by Gasteiger charge is 2.44. The van der Waals surface area contributed by atoms with Gasteiger partial charge in [-0.15, -0.1) is 0 Å². The van der Waals surface area contributed by atoms with E-state index in [4.69, 9.17) is 4.74 Å². The van der Waals surface area contributed by atoms with E-state index in [1.807, 2.05) is 6.07 Å². The fourth-order valence-electron chi connectivity index (χ4n) is 6.13. The van der Waals surface area contributed by atoms with Gasteiger partial charge in [0.15, 0.2) is 11.6 Å². The second kappa shape index (κ2) is 17.0. The molecule has 0 unspecified atom stereocenters. The molecule has 0 saturated heterocycles. The van der Waals surface area contributed by atoms with E-state index in [2.05, 4.69) is 11.7 Å². The van der Waals surface area contributed by atoms with Crippen LogP contribution in [0, 0.1) is 29.3 Å². The first-order chi connectivity index (χ1) is 22.5. The lowest BCUT2D eigenvalue weighted by molar-refractivity contribution is -0.223. The maximum Gasteiger partial charge on any atom is 0.400 e. The topological polar surface area (TPSA) is 18.5 Å². The zero-order valence-corrected chi connectivity index (χ0v) is 26.4. The Kier molecular flexibility index (Phi) is 13.1. The van der Waals surface area contributed by atoms with Crippen molar-refractivity contribution in [3.8, 4) is 22.6 Å². The number of alkyl halides is 2. The van der Waals surface area contributed by atoms with Gasteiger partial charge in [-0.1, -0.05) is 63.3 Å². The van der Waals surface area contributed by atoms with Gasteiger partial charge in [-0.2, -0.15) is 22.0 Å². The zero-order chi connectivity index (χ0) is 34.0. The molecule has 256 valence electrons. The van der Waals surface area contributed by atoms with Crippen molar-refractivity contribution in [2.24, 2.45) is 11.8 Å². The van der Waals surface area contributed by atoms with Crippen molar-refractivity contribution in [2.75, 3.05) is 0 Å². The standard InChI is InChI=1S/C37H40F8O2/c1-2-3-4-5-6-7-8-25-12-19-30(32(39)21-25)27-15-14-26(31(38)22-27)13-9-24-10-16-28(17-11-24)37(44,45)47-29-18-20-34(33(40)23-29)46-36(43)35(41)42/h12,14-15,18-24,28H,2-11,13,16-17H2,1H3. The fraction of sp³-hybridized carbons (Fsp3) is 0.459. The lowest BCUT2D eigenvalue weighted by Crippen LogP contribution is -2.37. The zero-order valence-electron chi connectivity index (χ0n) is 26.4. The Labute approximate surface area is 270 Å². The summed E-state index contributed by atoms with van der Waals surface area (Å²) in [4.78, 5) is 0. The smallest absolute Gasteiger partial charge is 0.400 e. The quantitative estimate of drug-likeness (QED) is 0.0859. The average Bonchev–Trinajstić information content (AvgIpc) is 3.03. The van der Waals surface area contributed by atoms with E-state index in [9.17, 15) is 30.7 Å². The molecule has 0 bridgehead atoms. The molecule has 0 spiro atoms. The van der Waals surface area contributed by atoms with Crippen LogP contribution in [0.15, 0.2) is 66.7 Å². The molecule has 4 rings (SSSR count). The van der Waals surface area contributed by atoms with Crippen LogP contribution in [0.3, 0.4) is 0 Å². The van der Waals surface area contributed by atoms with Crippen molar-refractivity contribution in [2.45, 2.75) is 96.5 Å². The van der Waals surface area contributed by atoms with Crippen LogP contribution in [0.25, 0.3) is 11.1 Å². The Balaban J connectivity index is 1.25. The number of hydrogen-bond donors (Lipinski definition) is 0. The molecule has 0 atom stereocenters. The van der Waals surface area contributed by atoms with Crippen molar-refractivity contribution in [3.63, 3.8) is 0 Å². The first kappa shape index (κ1) is 36.3. The third-order valence-electron chi connectivity index (χ3n) is 8.87. The predicted octanol–water partition coefficient (Wildman–Crippen LogP) is 12.5. The van der Waals surface area contributed by atoms with E-state index in [1.165, 1.54) is 37.8 Å². The lowest BCUT2D eigenvalue weighted by Gasteiger charge is -2.33. The van der Waals surface area contributed by atoms with Crippen molar-refractivity contribution in [3.05, 3.63) is 95.3 Å². The summed E-state index contributed by atoms with van der Waals surface area (Å²) in [5.74, 6) is -4.70. The largest absolute Gasteiger partial charge is 0.432 e. The molecule has 10 heteroatoms. The van der Waals surface area contributed by atoms with Crippen molar-refractivity contribution in [1.82, 2.24) is 0 Å². The highest BCUT2D eigenvalue weighted by Crippen LogP contribution is 2.42. The van der Waals surface area contributed by atoms with Gasteiger partial charge < -0.3 is 9.47 Å². The first-order valence-corrected chi connectivity index (χ1v) is 16.3. The molecule has 0 N–H and O–H groups in total. The Morgan fingerprint density at radius 2 is 1.47 bits per heavy atom. The van der Waals surface area contributed by atoms with Gasteiger partial charge in [0.2, 0.25) is 0 Å². The highest BCUT2D eigenvalue weighted by atomic mass is 19.3. The molecule has 1 aliphatic rings. The average molecular weight is 669 g/mol. The Morgan fingerprint density at radius 1 is 0.745 bits per heavy atom. The van der Waals surface area contributed by atoms with Gasteiger partial charge in [0.1, 0.15) is 17.4 Å². The summed E-state index contributed by atoms with van der Waals surface area (Å²) in [6, 6.07) is 9.62. The fourth-order valence-corrected chi connectivity index (χ4v) is 6.13. The molecule has 1 fully saturated rings. The Bertz CT molecular complexity index is 1490. The summed E-state index contributed by atoms with van der Waals surface area (Å²) in [5.41, 5.74) is 2.20. The number of halogens is 8. The van der Waals surface area contributed by atoms with Crippen LogP contribution in [-0.2, 0) is 12.8 Å². The number of benzene rings is 3. The van der Waals surface area contributed by atoms with Gasteiger partial charge in [-0.05, 0) is 98.2 Å². The molecule has 1 saturated carbocycles. The minimum absolute atomic E-state index is 0.0884. The Hall–Kier alpha value is -3.56. The lowest BCUT2D eigenvalue weighted by atomic mass is 9.79. The summed E-state index contributed by atoms with van der Waals surface area (Å²) >= 11 is 0. The monoisotopic (exact) mass is 668 g/mol. The normalized spacial score (nSPS) is 16.6. The van der Waals surface area contributed by atoms with Gasteiger partial charge in [0, 0.05) is 11.6 Å². The summed E-state index contributed by atoms with van der Waals surface area (Å²) < 4.78 is 120. The van der Waals surface area contributed by atoms with E-state index in [0.29, 0.717) is 48.4 Å². The molecule has 3 aromatic carbocycles. The molecular weight excluding hydrogens is 628 g/mol. The molecule has 0 aromatic heterocycles. The van der Waals surface area contributed by atoms with Crippen LogP contribution in [0.1, 0.15) is 88.7 Å². The minimum Gasteiger partial charge on any atom is -0.432 e. The van der Waals surface area contributed by atoms with Crippen LogP contribution < -0.4 is 9.47 Å². The molecular formula is C37H40F8O2. The van der Waals surface area contributed by atoms with Crippen molar-refractivity contribution in [1.29, 1.82) is 0 Å². The van der Waals surface area contributed by atoms with Crippen LogP contribution in [0.2, 0.25) is 0 Å². The van der Waals surface area contributed by atoms with Gasteiger partial charge in [0.25, 0.3) is 0 Å². The maximum atomic E-state index is 15.0. The maximum absolute atomic E-state index is 15.0. The predicted molar refractivity (Wildman–Crippen MR) is 166 cm³/mol. The second-order valence-electron chi connectivity index (χ2n) is 12.3. The van der Waals surface area contributed by atoms with E-state index in [-0.39, 0.29) is 24.6 Å². The number of rotatable bonds is 16. The summed E-state index contributed by atoms with van der Waals surface area (Å²) in [6.45, 7) is 2.18. The van der Waals surface area contributed by atoms with Crippen molar-refractivity contribution >= 4 is 0 Å². The first-order valence-electron chi connectivity index (χ1n) is 16.3. The van der Waals surface area contributed by atoms with Crippen molar-refractivity contribution < 1.29 is 44.6 Å². The molecule has 1 aliphatic carbocycles. The Morgan fingerprint density at radius 3 is 2.13 bits per heavy atom. The second-order valence-corrected chi connectivity index (χ2v) is 12.3. The minimum atomic E-state index is -3.64. The summed E-state index contributed by atoms with van der Waals surface area (Å²) in [7, 11) is 0. The highest BCUT2D eigenvalue weighted by molar-refractivity contribution is 5.65. The van der Waals surface area contributed by atoms with Crippen LogP contribution in [0.4, 0.5) is 35.1 Å². The third kappa shape index (κ3) is 10.5. The number of ether oxygens (including phenoxy) is 2. The van der Waals surface area contributed by atoms with E-state index in [0.717, 1.165) is 37.0 Å².